The molecule has 1 aliphatic rings. The van der Waals surface area contributed by atoms with Gasteiger partial charge in [0.2, 0.25) is 11.8 Å². The minimum absolute atomic E-state index is 0.0471. The summed E-state index contributed by atoms with van der Waals surface area (Å²) in [5, 5.41) is 16.5. The summed E-state index contributed by atoms with van der Waals surface area (Å²) in [5.41, 5.74) is 7.85. The second-order valence-electron chi connectivity index (χ2n) is 5.60. The Morgan fingerprint density at radius 2 is 2.22 bits per heavy atom. The van der Waals surface area contributed by atoms with Crippen molar-refractivity contribution in [2.75, 3.05) is 0 Å². The van der Waals surface area contributed by atoms with Crippen LogP contribution in [0, 0.1) is 17.1 Å². The molecular weight excluding hydrogens is 363 g/mol. The molecule has 0 unspecified atom stereocenters. The third-order valence-corrected chi connectivity index (χ3v) is 4.31. The van der Waals surface area contributed by atoms with Crippen LogP contribution in [-0.2, 0) is 0 Å². The number of aromatic nitrogens is 2. The molecule has 0 aliphatic carbocycles. The predicted octanol–water partition coefficient (Wildman–Crippen LogP) is 3.65. The largest absolute Gasteiger partial charge is 0.420 e. The average molecular weight is 377 g/mol. The number of rotatable bonds is 2. The lowest BCUT2D eigenvalue weighted by Gasteiger charge is -2.25. The molecule has 23 heavy (non-hydrogen) atoms. The van der Waals surface area contributed by atoms with E-state index in [0.29, 0.717) is 15.6 Å². The van der Waals surface area contributed by atoms with Crippen molar-refractivity contribution < 1.29 is 9.13 Å². The highest BCUT2D eigenvalue weighted by molar-refractivity contribution is 9.10. The molecule has 3 rings (SSSR count). The molecule has 5 nitrogen and oxygen atoms in total. The van der Waals surface area contributed by atoms with Crippen LogP contribution in [-0.4, -0.2) is 10.2 Å². The first kappa shape index (κ1) is 15.6. The van der Waals surface area contributed by atoms with Crippen molar-refractivity contribution in [3.8, 4) is 11.9 Å². The molecule has 1 aromatic heterocycles. The number of nitrogens with one attached hydrogen (secondary N) is 1. The van der Waals surface area contributed by atoms with Gasteiger partial charge in [-0.25, -0.2) is 4.39 Å². The first-order chi connectivity index (χ1) is 10.9. The van der Waals surface area contributed by atoms with Crippen molar-refractivity contribution in [1.29, 1.82) is 5.26 Å². The van der Waals surface area contributed by atoms with Gasteiger partial charge >= 0.3 is 0 Å². The molecule has 2 heterocycles. The number of nitriles is 1. The van der Waals surface area contributed by atoms with Gasteiger partial charge in [-0.15, -0.1) is 5.10 Å². The standard InChI is InChI=1S/C16H14BrFN4O/c1-7(2)14-13-12(9-4-3-8(17)5-11(9)18)10(6-19)15(20)23-16(13)22-21-14/h3-5,7,12H,20H2,1-2H3,(H,21,22)/t12-/m0/s1. The van der Waals surface area contributed by atoms with Gasteiger partial charge in [-0.3, -0.25) is 5.10 Å². The molecule has 0 saturated heterocycles. The first-order valence-corrected chi connectivity index (χ1v) is 7.84. The lowest BCUT2D eigenvalue weighted by Crippen LogP contribution is -2.22. The normalized spacial score (nSPS) is 17.0. The van der Waals surface area contributed by atoms with Crippen LogP contribution >= 0.6 is 15.9 Å². The molecule has 0 fully saturated rings. The van der Waals surface area contributed by atoms with E-state index in [4.69, 9.17) is 10.5 Å². The quantitative estimate of drug-likeness (QED) is 0.836. The minimum atomic E-state index is -0.645. The molecule has 0 spiro atoms. The van der Waals surface area contributed by atoms with Crippen LogP contribution in [0.4, 0.5) is 4.39 Å². The van der Waals surface area contributed by atoms with Gasteiger partial charge < -0.3 is 10.5 Å². The highest BCUT2D eigenvalue weighted by Gasteiger charge is 2.37. The maximum Gasteiger partial charge on any atom is 0.244 e. The third-order valence-electron chi connectivity index (χ3n) is 3.82. The van der Waals surface area contributed by atoms with Crippen molar-refractivity contribution >= 4 is 15.9 Å². The predicted molar refractivity (Wildman–Crippen MR) is 86.1 cm³/mol. The van der Waals surface area contributed by atoms with E-state index < -0.39 is 11.7 Å². The van der Waals surface area contributed by atoms with E-state index in [2.05, 4.69) is 32.2 Å². The summed E-state index contributed by atoms with van der Waals surface area (Å²) in [4.78, 5) is 0. The molecule has 7 heteroatoms. The molecular formula is C16H14BrFN4O. The Labute approximate surface area is 141 Å². The number of allylic oxidation sites excluding steroid dienone is 1. The van der Waals surface area contributed by atoms with Crippen LogP contribution < -0.4 is 10.5 Å². The lowest BCUT2D eigenvalue weighted by atomic mass is 9.82. The zero-order chi connectivity index (χ0) is 16.7. The molecule has 0 amide bonds. The second kappa shape index (κ2) is 5.70. The van der Waals surface area contributed by atoms with Crippen LogP contribution in [0.2, 0.25) is 0 Å². The maximum atomic E-state index is 14.5. The van der Waals surface area contributed by atoms with Crippen molar-refractivity contribution in [2.45, 2.75) is 25.7 Å². The second-order valence-corrected chi connectivity index (χ2v) is 6.52. The monoisotopic (exact) mass is 376 g/mol. The van der Waals surface area contributed by atoms with E-state index >= 15 is 0 Å². The molecule has 3 N–H and O–H groups in total. The summed E-state index contributed by atoms with van der Waals surface area (Å²) in [7, 11) is 0. The SMILES string of the molecule is CC(C)c1[nH]nc2c1[C@@H](c1ccc(Br)cc1F)C(C#N)=C(N)O2. The number of fused-ring (bicyclic) bond motifs is 1. The molecule has 118 valence electrons. The summed E-state index contributed by atoms with van der Waals surface area (Å²) in [6.07, 6.45) is 0. The number of nitrogens with two attached hydrogens (primary N) is 1. The molecule has 1 atom stereocenters. The molecule has 0 radical (unpaired) electrons. The van der Waals surface area contributed by atoms with Gasteiger partial charge in [-0.2, -0.15) is 5.26 Å². The molecule has 1 aliphatic heterocycles. The van der Waals surface area contributed by atoms with E-state index in [1.807, 2.05) is 13.8 Å². The number of H-pyrrole nitrogens is 1. The number of halogens is 2. The van der Waals surface area contributed by atoms with Gasteiger partial charge in [-0.05, 0) is 18.1 Å². The fourth-order valence-electron chi connectivity index (χ4n) is 2.76. The minimum Gasteiger partial charge on any atom is -0.420 e. The summed E-state index contributed by atoms with van der Waals surface area (Å²) in [6, 6.07) is 6.79. The van der Waals surface area contributed by atoms with Crippen LogP contribution in [0.25, 0.3) is 0 Å². The number of aromatic amines is 1. The highest BCUT2D eigenvalue weighted by atomic mass is 79.9. The maximum absolute atomic E-state index is 14.5. The van der Waals surface area contributed by atoms with Crippen LogP contribution in [0.5, 0.6) is 5.88 Å². The van der Waals surface area contributed by atoms with E-state index in [0.717, 1.165) is 5.69 Å². The topological polar surface area (TPSA) is 87.7 Å². The van der Waals surface area contributed by atoms with Gasteiger partial charge in [0.05, 0.1) is 11.5 Å². The Hall–Kier alpha value is -2.33. The van der Waals surface area contributed by atoms with Crippen molar-refractivity contribution in [1.82, 2.24) is 10.2 Å². The Balaban J connectivity index is 2.28. The summed E-state index contributed by atoms with van der Waals surface area (Å²) in [6.45, 7) is 3.97. The van der Waals surface area contributed by atoms with Crippen LogP contribution in [0.3, 0.4) is 0 Å². The molecule has 1 aromatic carbocycles. The number of ether oxygens (including phenoxy) is 1. The van der Waals surface area contributed by atoms with Crippen molar-refractivity contribution in [2.24, 2.45) is 5.73 Å². The number of hydrogen-bond donors (Lipinski definition) is 2. The Morgan fingerprint density at radius 1 is 1.48 bits per heavy atom. The zero-order valence-electron chi connectivity index (χ0n) is 12.5. The molecule has 0 saturated carbocycles. The zero-order valence-corrected chi connectivity index (χ0v) is 14.1. The summed E-state index contributed by atoms with van der Waals surface area (Å²) in [5.74, 6) is -0.719. The van der Waals surface area contributed by atoms with E-state index in [9.17, 15) is 9.65 Å². The lowest BCUT2D eigenvalue weighted by molar-refractivity contribution is 0.377. The molecule has 2 aromatic rings. The van der Waals surface area contributed by atoms with Crippen LogP contribution in [0.1, 0.15) is 42.5 Å². The van der Waals surface area contributed by atoms with Gasteiger partial charge in [-0.1, -0.05) is 35.8 Å². The summed E-state index contributed by atoms with van der Waals surface area (Å²) < 4.78 is 20.6. The Kier molecular flexibility index (Phi) is 3.86. The number of benzene rings is 1. The fourth-order valence-corrected chi connectivity index (χ4v) is 3.09. The highest BCUT2D eigenvalue weighted by Crippen LogP contribution is 2.45. The van der Waals surface area contributed by atoms with E-state index in [1.54, 1.807) is 12.1 Å². The number of hydrogen-bond acceptors (Lipinski definition) is 4. The van der Waals surface area contributed by atoms with Crippen molar-refractivity contribution in [3.63, 3.8) is 0 Å². The van der Waals surface area contributed by atoms with Crippen LogP contribution in [0.15, 0.2) is 34.1 Å². The van der Waals surface area contributed by atoms with Gasteiger partial charge in [0.25, 0.3) is 0 Å². The summed E-state index contributed by atoms with van der Waals surface area (Å²) >= 11 is 3.24. The van der Waals surface area contributed by atoms with Gasteiger partial charge in [0.1, 0.15) is 17.5 Å². The first-order valence-electron chi connectivity index (χ1n) is 7.04. The Morgan fingerprint density at radius 3 is 2.83 bits per heavy atom. The average Bonchev–Trinajstić information content (AvgIpc) is 2.89. The van der Waals surface area contributed by atoms with Gasteiger partial charge in [0, 0.05) is 15.7 Å². The van der Waals surface area contributed by atoms with Gasteiger partial charge in [0.15, 0.2) is 0 Å². The Bertz CT molecular complexity index is 850. The van der Waals surface area contributed by atoms with Crippen molar-refractivity contribution in [3.05, 3.63) is 56.8 Å². The van der Waals surface area contributed by atoms with E-state index in [1.165, 1.54) is 6.07 Å². The smallest absolute Gasteiger partial charge is 0.244 e. The molecule has 0 bridgehead atoms. The van der Waals surface area contributed by atoms with E-state index in [-0.39, 0.29) is 23.3 Å². The third kappa shape index (κ3) is 2.49. The fraction of sp³-hybridized carbons (Fsp3) is 0.250. The number of nitrogens with zero attached hydrogens (tertiary/aromatic N) is 2.